The first-order valence-corrected chi connectivity index (χ1v) is 8.32. The fraction of sp³-hybridized carbons (Fsp3) is 0.692. The molecule has 0 unspecified atom stereocenters. The number of hydrogen-bond acceptors (Lipinski definition) is 5. The maximum Gasteiger partial charge on any atom is 0.276 e. The molecule has 0 aromatic carbocycles. The molecule has 7 heteroatoms. The highest BCUT2D eigenvalue weighted by atomic mass is 32.2. The zero-order valence-electron chi connectivity index (χ0n) is 12.1. The van der Waals surface area contributed by atoms with E-state index in [1.54, 1.807) is 6.07 Å². The summed E-state index contributed by atoms with van der Waals surface area (Å²) >= 11 is 0. The number of sulfonamides is 1. The van der Waals surface area contributed by atoms with Gasteiger partial charge in [0.1, 0.15) is 5.76 Å². The molecule has 0 radical (unpaired) electrons. The van der Waals surface area contributed by atoms with E-state index in [0.29, 0.717) is 25.4 Å². The molecule has 1 fully saturated rings. The van der Waals surface area contributed by atoms with Gasteiger partial charge in [0, 0.05) is 13.1 Å². The van der Waals surface area contributed by atoms with Gasteiger partial charge in [0.15, 0.2) is 0 Å². The maximum absolute atomic E-state index is 12.5. The molecule has 1 N–H and O–H groups in total. The van der Waals surface area contributed by atoms with Crippen molar-refractivity contribution < 1.29 is 17.6 Å². The van der Waals surface area contributed by atoms with Crippen LogP contribution in [-0.4, -0.2) is 44.6 Å². The number of morpholine rings is 1. The summed E-state index contributed by atoms with van der Waals surface area (Å²) in [5.41, 5.74) is 0. The molecule has 2 atom stereocenters. The lowest BCUT2D eigenvalue weighted by Crippen LogP contribution is -2.47. The normalized spacial score (nSPS) is 24.9. The Hall–Kier alpha value is -0.890. The van der Waals surface area contributed by atoms with E-state index in [9.17, 15) is 8.42 Å². The summed E-state index contributed by atoms with van der Waals surface area (Å²) in [6.07, 6.45) is -0.213. The Bertz CT molecular complexity index is 530. The van der Waals surface area contributed by atoms with Gasteiger partial charge in [-0.3, -0.25) is 0 Å². The molecule has 20 heavy (non-hydrogen) atoms. The summed E-state index contributed by atoms with van der Waals surface area (Å²) in [5, 5.41) is 3.11. The Morgan fingerprint density at radius 1 is 1.30 bits per heavy atom. The highest BCUT2D eigenvalue weighted by molar-refractivity contribution is 7.89. The van der Waals surface area contributed by atoms with Crippen molar-refractivity contribution in [2.45, 2.75) is 44.6 Å². The average Bonchev–Trinajstić information content (AvgIpc) is 2.84. The summed E-state index contributed by atoms with van der Waals surface area (Å²) in [4.78, 5) is 0. The number of ether oxygens (including phenoxy) is 1. The highest BCUT2D eigenvalue weighted by Gasteiger charge is 2.34. The SMILES string of the molecule is CCNCc1ccc(S(=O)(=O)N2C[C@@H](C)O[C@@H](C)C2)o1. The van der Waals surface area contributed by atoms with E-state index >= 15 is 0 Å². The Balaban J connectivity index is 2.15. The third-order valence-electron chi connectivity index (χ3n) is 3.17. The van der Waals surface area contributed by atoms with Gasteiger partial charge in [-0.1, -0.05) is 6.92 Å². The molecule has 1 aromatic rings. The van der Waals surface area contributed by atoms with Crippen LogP contribution < -0.4 is 5.32 Å². The summed E-state index contributed by atoms with van der Waals surface area (Å²) < 4.78 is 37.5. The van der Waals surface area contributed by atoms with Crippen LogP contribution in [0.2, 0.25) is 0 Å². The minimum Gasteiger partial charge on any atom is -0.447 e. The van der Waals surface area contributed by atoms with E-state index in [4.69, 9.17) is 9.15 Å². The van der Waals surface area contributed by atoms with Gasteiger partial charge >= 0.3 is 0 Å². The van der Waals surface area contributed by atoms with Gasteiger partial charge < -0.3 is 14.5 Å². The second-order valence-electron chi connectivity index (χ2n) is 5.08. The van der Waals surface area contributed by atoms with Crippen molar-refractivity contribution in [1.82, 2.24) is 9.62 Å². The molecule has 1 aromatic heterocycles. The number of nitrogens with one attached hydrogen (secondary N) is 1. The summed E-state index contributed by atoms with van der Waals surface area (Å²) in [5.74, 6) is 0.625. The van der Waals surface area contributed by atoms with Crippen LogP contribution in [0.15, 0.2) is 21.6 Å². The molecular formula is C13H22N2O4S. The van der Waals surface area contributed by atoms with Gasteiger partial charge in [-0.15, -0.1) is 0 Å². The van der Waals surface area contributed by atoms with E-state index in [0.717, 1.165) is 6.54 Å². The molecular weight excluding hydrogens is 280 g/mol. The monoisotopic (exact) mass is 302 g/mol. The molecule has 2 rings (SSSR count). The number of hydrogen-bond donors (Lipinski definition) is 1. The van der Waals surface area contributed by atoms with Crippen molar-refractivity contribution in [3.8, 4) is 0 Å². The summed E-state index contributed by atoms with van der Waals surface area (Å²) in [6, 6.07) is 3.22. The average molecular weight is 302 g/mol. The summed E-state index contributed by atoms with van der Waals surface area (Å²) in [7, 11) is -3.57. The van der Waals surface area contributed by atoms with Crippen molar-refractivity contribution in [2.75, 3.05) is 19.6 Å². The van der Waals surface area contributed by atoms with E-state index in [1.165, 1.54) is 10.4 Å². The molecule has 1 aliphatic heterocycles. The van der Waals surface area contributed by atoms with Crippen LogP contribution in [0.3, 0.4) is 0 Å². The van der Waals surface area contributed by atoms with E-state index in [-0.39, 0.29) is 17.3 Å². The van der Waals surface area contributed by atoms with Crippen molar-refractivity contribution in [1.29, 1.82) is 0 Å². The quantitative estimate of drug-likeness (QED) is 0.884. The molecule has 0 bridgehead atoms. The van der Waals surface area contributed by atoms with E-state index < -0.39 is 10.0 Å². The van der Waals surface area contributed by atoms with Crippen LogP contribution in [0.5, 0.6) is 0 Å². The third-order valence-corrected chi connectivity index (χ3v) is 4.87. The van der Waals surface area contributed by atoms with Crippen LogP contribution in [0.4, 0.5) is 0 Å². The Labute approximate surface area is 120 Å². The molecule has 0 spiro atoms. The van der Waals surface area contributed by atoms with Gasteiger partial charge in [-0.05, 0) is 32.5 Å². The second kappa shape index (κ2) is 6.26. The largest absolute Gasteiger partial charge is 0.447 e. The van der Waals surface area contributed by atoms with E-state index in [2.05, 4.69) is 5.32 Å². The smallest absolute Gasteiger partial charge is 0.276 e. The van der Waals surface area contributed by atoms with Crippen LogP contribution in [0, 0.1) is 0 Å². The summed E-state index contributed by atoms with van der Waals surface area (Å²) in [6.45, 7) is 7.78. The Kier molecular flexibility index (Phi) is 4.85. The predicted octanol–water partition coefficient (Wildman–Crippen LogP) is 1.19. The highest BCUT2D eigenvalue weighted by Crippen LogP contribution is 2.22. The van der Waals surface area contributed by atoms with Crippen molar-refractivity contribution in [3.05, 3.63) is 17.9 Å². The fourth-order valence-electron chi connectivity index (χ4n) is 2.29. The maximum atomic E-state index is 12.5. The number of rotatable bonds is 5. The zero-order valence-corrected chi connectivity index (χ0v) is 12.9. The first-order chi connectivity index (χ1) is 9.43. The molecule has 1 saturated heterocycles. The Morgan fingerprint density at radius 3 is 2.55 bits per heavy atom. The molecule has 0 amide bonds. The van der Waals surface area contributed by atoms with Crippen molar-refractivity contribution >= 4 is 10.0 Å². The first-order valence-electron chi connectivity index (χ1n) is 6.88. The zero-order chi connectivity index (χ0) is 14.8. The minimum atomic E-state index is -3.57. The fourth-order valence-corrected chi connectivity index (χ4v) is 3.81. The first kappa shape index (κ1) is 15.5. The second-order valence-corrected chi connectivity index (χ2v) is 6.95. The van der Waals surface area contributed by atoms with Crippen molar-refractivity contribution in [3.63, 3.8) is 0 Å². The van der Waals surface area contributed by atoms with Crippen molar-refractivity contribution in [2.24, 2.45) is 0 Å². The molecule has 0 saturated carbocycles. The molecule has 0 aliphatic carbocycles. The molecule has 1 aliphatic rings. The standard InChI is InChI=1S/C13H22N2O4S/c1-4-14-7-12-5-6-13(19-12)20(16,17)15-8-10(2)18-11(3)9-15/h5-6,10-11,14H,4,7-9H2,1-3H3/t10-,11+. The lowest BCUT2D eigenvalue weighted by Gasteiger charge is -2.33. The van der Waals surface area contributed by atoms with Gasteiger partial charge in [0.05, 0.1) is 18.8 Å². The van der Waals surface area contributed by atoms with Gasteiger partial charge in [-0.2, -0.15) is 4.31 Å². The number of furan rings is 1. The number of nitrogens with zero attached hydrogens (tertiary/aromatic N) is 1. The van der Waals surface area contributed by atoms with Crippen LogP contribution in [0.1, 0.15) is 26.5 Å². The molecule has 114 valence electrons. The van der Waals surface area contributed by atoms with Gasteiger partial charge in [0.2, 0.25) is 5.09 Å². The lowest BCUT2D eigenvalue weighted by molar-refractivity contribution is -0.0443. The molecule has 6 nitrogen and oxygen atoms in total. The van der Waals surface area contributed by atoms with E-state index in [1.807, 2.05) is 20.8 Å². The lowest BCUT2D eigenvalue weighted by atomic mass is 10.3. The predicted molar refractivity (Wildman–Crippen MR) is 74.9 cm³/mol. The minimum absolute atomic E-state index is 0.00621. The molecule has 2 heterocycles. The van der Waals surface area contributed by atoms with Crippen LogP contribution in [0.25, 0.3) is 0 Å². The third kappa shape index (κ3) is 3.41. The van der Waals surface area contributed by atoms with Gasteiger partial charge in [-0.25, -0.2) is 8.42 Å². The van der Waals surface area contributed by atoms with Gasteiger partial charge in [0.25, 0.3) is 10.0 Å². The van der Waals surface area contributed by atoms with Crippen LogP contribution >= 0.6 is 0 Å². The van der Waals surface area contributed by atoms with Crippen LogP contribution in [-0.2, 0) is 21.3 Å². The Morgan fingerprint density at radius 2 is 1.95 bits per heavy atom. The topological polar surface area (TPSA) is 71.8 Å².